The van der Waals surface area contributed by atoms with Crippen molar-refractivity contribution < 1.29 is 18.7 Å². The van der Waals surface area contributed by atoms with Crippen LogP contribution in [0, 0.1) is 5.82 Å². The molecule has 0 aliphatic carbocycles. The fourth-order valence-electron chi connectivity index (χ4n) is 1.41. The maximum atomic E-state index is 13.3. The van der Waals surface area contributed by atoms with Gasteiger partial charge in [0.2, 0.25) is 0 Å². The van der Waals surface area contributed by atoms with E-state index in [0.29, 0.717) is 0 Å². The Hall–Kier alpha value is -1.42. The van der Waals surface area contributed by atoms with Crippen molar-refractivity contribution in [1.29, 1.82) is 0 Å². The molecule has 1 rings (SSSR count). The first kappa shape index (κ1) is 13.6. The zero-order valence-corrected chi connectivity index (χ0v) is 10.3. The Balaban J connectivity index is 3.36. The van der Waals surface area contributed by atoms with Gasteiger partial charge in [-0.25, -0.2) is 4.39 Å². The van der Waals surface area contributed by atoms with Crippen LogP contribution in [-0.4, -0.2) is 24.1 Å². The number of carbonyl (C=O) groups excluding carboxylic acids is 2. The van der Waals surface area contributed by atoms with E-state index in [-0.39, 0.29) is 40.9 Å². The molecule has 0 fully saturated rings. The van der Waals surface area contributed by atoms with E-state index in [1.54, 1.807) is 0 Å². The number of ether oxygens (including phenoxy) is 1. The smallest absolute Gasteiger partial charge is 0.163 e. The lowest BCUT2D eigenvalue weighted by atomic mass is 10.0. The second kappa shape index (κ2) is 5.77. The fourth-order valence-corrected chi connectivity index (χ4v) is 1.49. The van der Waals surface area contributed by atoms with Crippen molar-refractivity contribution in [3.63, 3.8) is 0 Å². The minimum Gasteiger partial charge on any atom is -0.491 e. The van der Waals surface area contributed by atoms with Gasteiger partial charge in [-0.3, -0.25) is 9.59 Å². The topological polar surface area (TPSA) is 43.4 Å². The number of rotatable bonds is 5. The first-order valence-corrected chi connectivity index (χ1v) is 5.55. The van der Waals surface area contributed by atoms with Crippen molar-refractivity contribution in [3.05, 3.63) is 29.1 Å². The van der Waals surface area contributed by atoms with Crippen molar-refractivity contribution in [1.82, 2.24) is 0 Å². The number of hydrogen-bond donors (Lipinski definition) is 0. The Labute approximate surface area is 104 Å². The first-order valence-electron chi connectivity index (χ1n) is 5.01. The van der Waals surface area contributed by atoms with Crippen LogP contribution >= 0.6 is 11.6 Å². The first-order chi connectivity index (χ1) is 7.97. The van der Waals surface area contributed by atoms with E-state index in [0.717, 1.165) is 12.1 Å². The van der Waals surface area contributed by atoms with Crippen molar-refractivity contribution in [2.24, 2.45) is 0 Å². The molecule has 0 atom stereocenters. The molecule has 0 amide bonds. The summed E-state index contributed by atoms with van der Waals surface area (Å²) >= 11 is 5.48. The van der Waals surface area contributed by atoms with Gasteiger partial charge >= 0.3 is 0 Å². The number of alkyl halides is 1. The molecule has 0 radical (unpaired) electrons. The summed E-state index contributed by atoms with van der Waals surface area (Å²) < 4.78 is 18.5. The highest BCUT2D eigenvalue weighted by molar-refractivity contribution is 6.18. The molecule has 0 aliphatic rings. The summed E-state index contributed by atoms with van der Waals surface area (Å²) in [6.45, 7) is 2.71. The Morgan fingerprint density at radius 3 is 2.06 bits per heavy atom. The van der Waals surface area contributed by atoms with Gasteiger partial charge < -0.3 is 4.74 Å². The predicted octanol–water partition coefficient (Wildman–Crippen LogP) is 2.85. The van der Waals surface area contributed by atoms with Crippen LogP contribution in [0.4, 0.5) is 4.39 Å². The van der Waals surface area contributed by atoms with Crippen molar-refractivity contribution >= 4 is 23.2 Å². The van der Waals surface area contributed by atoms with E-state index in [1.807, 2.05) is 0 Å². The molecular weight excluding hydrogens is 247 g/mol. The minimum absolute atomic E-state index is 0.0558. The molecule has 17 heavy (non-hydrogen) atoms. The maximum Gasteiger partial charge on any atom is 0.163 e. The number of carbonyl (C=O) groups is 2. The molecule has 0 aliphatic heterocycles. The molecule has 0 heterocycles. The number of benzene rings is 1. The van der Waals surface area contributed by atoms with Crippen LogP contribution in [0.25, 0.3) is 0 Å². The molecule has 0 aromatic heterocycles. The zero-order valence-electron chi connectivity index (χ0n) is 9.55. The van der Waals surface area contributed by atoms with Gasteiger partial charge in [0.05, 0.1) is 17.0 Å². The maximum absolute atomic E-state index is 13.3. The van der Waals surface area contributed by atoms with E-state index in [1.165, 1.54) is 13.8 Å². The summed E-state index contributed by atoms with van der Waals surface area (Å²) in [5.41, 5.74) is 0.112. The monoisotopic (exact) mass is 258 g/mol. The van der Waals surface area contributed by atoms with Gasteiger partial charge in [-0.2, -0.15) is 0 Å². The van der Waals surface area contributed by atoms with Crippen molar-refractivity contribution in [3.8, 4) is 5.75 Å². The van der Waals surface area contributed by atoms with Gasteiger partial charge in [-0.05, 0) is 26.0 Å². The van der Waals surface area contributed by atoms with Gasteiger partial charge in [-0.15, -0.1) is 11.6 Å². The average molecular weight is 259 g/mol. The average Bonchev–Trinajstić information content (AvgIpc) is 2.26. The predicted molar refractivity (Wildman–Crippen MR) is 62.6 cm³/mol. The van der Waals surface area contributed by atoms with Crippen LogP contribution in [0.3, 0.4) is 0 Å². The Morgan fingerprint density at radius 2 is 1.71 bits per heavy atom. The van der Waals surface area contributed by atoms with Crippen LogP contribution in [0.1, 0.15) is 34.6 Å². The summed E-state index contributed by atoms with van der Waals surface area (Å²) in [6, 6.07) is 2.11. The standard InChI is InChI=1S/C12H12ClFO3/c1-7(15)10-5-9(14)6-11(8(2)16)12(10)17-4-3-13/h5-6H,3-4H2,1-2H3. The third kappa shape index (κ3) is 3.27. The second-order valence-corrected chi connectivity index (χ2v) is 3.86. The normalized spacial score (nSPS) is 10.1. The minimum atomic E-state index is -0.640. The van der Waals surface area contributed by atoms with E-state index in [9.17, 15) is 14.0 Å². The second-order valence-electron chi connectivity index (χ2n) is 3.48. The van der Waals surface area contributed by atoms with Crippen LogP contribution < -0.4 is 4.74 Å². The van der Waals surface area contributed by atoms with Gasteiger partial charge in [0, 0.05) is 0 Å². The van der Waals surface area contributed by atoms with Crippen LogP contribution in [0.2, 0.25) is 0 Å². The van der Waals surface area contributed by atoms with Gasteiger partial charge in [-0.1, -0.05) is 0 Å². The van der Waals surface area contributed by atoms with Crippen LogP contribution in [0.5, 0.6) is 5.75 Å². The Kier molecular flexibility index (Phi) is 4.63. The zero-order chi connectivity index (χ0) is 13.0. The third-order valence-electron chi connectivity index (χ3n) is 2.14. The largest absolute Gasteiger partial charge is 0.491 e. The highest BCUT2D eigenvalue weighted by atomic mass is 35.5. The third-order valence-corrected chi connectivity index (χ3v) is 2.29. The summed E-state index contributed by atoms with van der Waals surface area (Å²) in [7, 11) is 0. The number of Topliss-reactive ketones (excluding diaryl/α,β-unsaturated/α-hetero) is 2. The molecule has 0 unspecified atom stereocenters. The lowest BCUT2D eigenvalue weighted by Gasteiger charge is -2.12. The van der Waals surface area contributed by atoms with Gasteiger partial charge in [0.15, 0.2) is 11.6 Å². The molecule has 1 aromatic rings. The molecule has 0 N–H and O–H groups in total. The number of halogens is 2. The molecule has 5 heteroatoms. The van der Waals surface area contributed by atoms with E-state index in [4.69, 9.17) is 16.3 Å². The van der Waals surface area contributed by atoms with Crippen molar-refractivity contribution in [2.45, 2.75) is 13.8 Å². The highest BCUT2D eigenvalue weighted by Crippen LogP contribution is 2.27. The quantitative estimate of drug-likeness (QED) is 0.602. The van der Waals surface area contributed by atoms with Gasteiger partial charge in [0.25, 0.3) is 0 Å². The summed E-state index contributed by atoms with van der Waals surface area (Å²) in [6.07, 6.45) is 0. The lowest BCUT2D eigenvalue weighted by Crippen LogP contribution is -2.09. The van der Waals surface area contributed by atoms with Crippen LogP contribution in [-0.2, 0) is 0 Å². The molecule has 3 nitrogen and oxygen atoms in total. The molecular formula is C12H12ClFO3. The Bertz CT molecular complexity index is 422. The molecule has 0 saturated heterocycles. The molecule has 0 spiro atoms. The Morgan fingerprint density at radius 1 is 1.24 bits per heavy atom. The van der Waals surface area contributed by atoms with Crippen molar-refractivity contribution in [2.75, 3.05) is 12.5 Å². The van der Waals surface area contributed by atoms with E-state index >= 15 is 0 Å². The summed E-state index contributed by atoms with van der Waals surface area (Å²) in [5.74, 6) is -1.05. The van der Waals surface area contributed by atoms with E-state index in [2.05, 4.69) is 0 Å². The SMILES string of the molecule is CC(=O)c1cc(F)cc(C(C)=O)c1OCCCl. The van der Waals surface area contributed by atoms with Crippen LogP contribution in [0.15, 0.2) is 12.1 Å². The van der Waals surface area contributed by atoms with Gasteiger partial charge in [0.1, 0.15) is 18.2 Å². The molecule has 1 aromatic carbocycles. The lowest BCUT2D eigenvalue weighted by molar-refractivity contribution is 0.101. The number of hydrogen-bond acceptors (Lipinski definition) is 3. The molecule has 92 valence electrons. The van der Waals surface area contributed by atoms with E-state index < -0.39 is 5.82 Å². The molecule has 0 bridgehead atoms. The summed E-state index contributed by atoms with van der Waals surface area (Å²) in [5, 5.41) is 0. The highest BCUT2D eigenvalue weighted by Gasteiger charge is 2.18. The molecule has 0 saturated carbocycles. The fraction of sp³-hybridized carbons (Fsp3) is 0.333. The number of ketones is 2. The summed E-state index contributed by atoms with van der Waals surface area (Å²) in [4.78, 5) is 22.7.